The van der Waals surface area contributed by atoms with Crippen molar-refractivity contribution >= 4 is 29.3 Å². The van der Waals surface area contributed by atoms with Crippen molar-refractivity contribution in [1.29, 1.82) is 0 Å². The van der Waals surface area contributed by atoms with Gasteiger partial charge >= 0.3 is 6.03 Å². The fourth-order valence-electron chi connectivity index (χ4n) is 4.07. The third-order valence-electron chi connectivity index (χ3n) is 5.76. The van der Waals surface area contributed by atoms with E-state index in [9.17, 15) is 9.59 Å². The molecule has 10 heteroatoms. The summed E-state index contributed by atoms with van der Waals surface area (Å²) >= 11 is 0. The molecular weight excluding hydrogens is 408 g/mol. The summed E-state index contributed by atoms with van der Waals surface area (Å²) in [5.74, 6) is 0.689. The molecule has 0 bridgehead atoms. The monoisotopic (exact) mass is 438 g/mol. The number of carbonyl (C=O) groups is 2. The highest BCUT2D eigenvalue weighted by Gasteiger charge is 2.27. The van der Waals surface area contributed by atoms with Crippen LogP contribution in [0.15, 0.2) is 41.7 Å². The van der Waals surface area contributed by atoms with Crippen LogP contribution in [0, 0.1) is 0 Å². The Labute approximate surface area is 187 Å². The van der Waals surface area contributed by atoms with Crippen LogP contribution in [0.4, 0.5) is 16.2 Å². The molecule has 1 aromatic heterocycles. The highest BCUT2D eigenvalue weighted by atomic mass is 16.2. The summed E-state index contributed by atoms with van der Waals surface area (Å²) in [6.45, 7) is 3.67. The number of piperazine rings is 1. The van der Waals surface area contributed by atoms with Gasteiger partial charge in [-0.2, -0.15) is 5.10 Å². The zero-order valence-electron chi connectivity index (χ0n) is 18.6. The van der Waals surface area contributed by atoms with Gasteiger partial charge in [-0.05, 0) is 30.5 Å². The number of carbonyl (C=O) groups excluding carboxylic acids is 2. The lowest BCUT2D eigenvalue weighted by atomic mass is 10.2. The molecule has 0 unspecified atom stereocenters. The molecule has 2 N–H and O–H groups in total. The summed E-state index contributed by atoms with van der Waals surface area (Å²) in [5, 5.41) is 10.5. The highest BCUT2D eigenvalue weighted by Crippen LogP contribution is 2.17. The van der Waals surface area contributed by atoms with Gasteiger partial charge in [0.2, 0.25) is 5.91 Å². The largest absolute Gasteiger partial charge is 0.352 e. The second-order valence-corrected chi connectivity index (χ2v) is 8.06. The number of rotatable bonds is 4. The van der Waals surface area contributed by atoms with Crippen LogP contribution in [0.5, 0.6) is 0 Å². The molecule has 0 saturated carbocycles. The molecule has 32 heavy (non-hydrogen) atoms. The summed E-state index contributed by atoms with van der Waals surface area (Å²) in [6.07, 6.45) is 5.68. The number of aromatic nitrogens is 2. The van der Waals surface area contributed by atoms with Gasteiger partial charge in [0, 0.05) is 58.7 Å². The van der Waals surface area contributed by atoms with Crippen molar-refractivity contribution < 1.29 is 9.59 Å². The van der Waals surface area contributed by atoms with E-state index in [1.54, 1.807) is 22.8 Å². The Morgan fingerprint density at radius 2 is 1.97 bits per heavy atom. The molecule has 0 spiro atoms. The SMILES string of the molecule is CN=C(NCc1cccc(NC(=O)N2CCCC2)c1)N1CCN(c2cnn(C)c2)C(=O)C1. The van der Waals surface area contributed by atoms with Crippen molar-refractivity contribution in [3.05, 3.63) is 42.2 Å². The molecule has 3 amide bonds. The van der Waals surface area contributed by atoms with Gasteiger partial charge in [0.1, 0.15) is 6.54 Å². The molecule has 3 heterocycles. The predicted octanol–water partition coefficient (Wildman–Crippen LogP) is 1.47. The van der Waals surface area contributed by atoms with Crippen molar-refractivity contribution in [2.75, 3.05) is 50.0 Å². The van der Waals surface area contributed by atoms with E-state index in [0.717, 1.165) is 42.9 Å². The van der Waals surface area contributed by atoms with E-state index in [-0.39, 0.29) is 18.5 Å². The van der Waals surface area contributed by atoms with E-state index in [1.807, 2.05) is 47.3 Å². The molecule has 2 aliphatic rings. The number of urea groups is 1. The summed E-state index contributed by atoms with van der Waals surface area (Å²) in [6, 6.07) is 7.73. The Kier molecular flexibility index (Phi) is 6.58. The number of benzene rings is 1. The van der Waals surface area contributed by atoms with Crippen LogP contribution >= 0.6 is 0 Å². The van der Waals surface area contributed by atoms with Crippen LogP contribution in [-0.2, 0) is 18.4 Å². The van der Waals surface area contributed by atoms with Gasteiger partial charge < -0.3 is 25.3 Å². The predicted molar refractivity (Wildman–Crippen MR) is 124 cm³/mol. The van der Waals surface area contributed by atoms with Crippen molar-refractivity contribution in [3.63, 3.8) is 0 Å². The number of aliphatic imine (C=N–C) groups is 1. The van der Waals surface area contributed by atoms with Gasteiger partial charge in [0.15, 0.2) is 5.96 Å². The van der Waals surface area contributed by atoms with Gasteiger partial charge in [0.05, 0.1) is 11.9 Å². The number of aryl methyl sites for hydroxylation is 1. The van der Waals surface area contributed by atoms with E-state index in [4.69, 9.17) is 0 Å². The van der Waals surface area contributed by atoms with Crippen LogP contribution in [0.1, 0.15) is 18.4 Å². The number of nitrogens with zero attached hydrogens (tertiary/aromatic N) is 6. The van der Waals surface area contributed by atoms with Crippen LogP contribution in [-0.4, -0.2) is 77.2 Å². The average molecular weight is 439 g/mol. The Balaban J connectivity index is 1.32. The van der Waals surface area contributed by atoms with Crippen LogP contribution in [0.25, 0.3) is 0 Å². The second kappa shape index (κ2) is 9.71. The molecule has 2 aliphatic heterocycles. The van der Waals surface area contributed by atoms with Gasteiger partial charge in [0.25, 0.3) is 0 Å². The van der Waals surface area contributed by atoms with Gasteiger partial charge in [-0.3, -0.25) is 14.5 Å². The minimum atomic E-state index is -0.0478. The minimum absolute atomic E-state index is 0.0128. The molecule has 1 aromatic carbocycles. The number of likely N-dealkylation sites (tertiary alicyclic amines) is 1. The maximum Gasteiger partial charge on any atom is 0.321 e. The van der Waals surface area contributed by atoms with E-state index in [2.05, 4.69) is 20.7 Å². The van der Waals surface area contributed by atoms with Crippen LogP contribution in [0.2, 0.25) is 0 Å². The molecule has 170 valence electrons. The Bertz CT molecular complexity index is 995. The first-order valence-corrected chi connectivity index (χ1v) is 10.9. The number of amides is 3. The molecule has 0 aliphatic carbocycles. The van der Waals surface area contributed by atoms with Crippen molar-refractivity contribution in [2.45, 2.75) is 19.4 Å². The first kappa shape index (κ1) is 21.7. The highest BCUT2D eigenvalue weighted by molar-refractivity contribution is 5.98. The quantitative estimate of drug-likeness (QED) is 0.557. The Morgan fingerprint density at radius 3 is 2.66 bits per heavy atom. The topological polar surface area (TPSA) is 98.1 Å². The van der Waals surface area contributed by atoms with Gasteiger partial charge in [-0.1, -0.05) is 12.1 Å². The molecule has 2 aromatic rings. The lowest BCUT2D eigenvalue weighted by Gasteiger charge is -2.35. The standard InChI is InChI=1S/C22H30N8O2/c1-23-21(29-10-11-30(20(31)16-29)19-14-25-27(2)15-19)24-13-17-6-5-7-18(12-17)26-22(32)28-8-3-4-9-28/h5-7,12,14-15H,3-4,8-11,13,16H2,1-2H3,(H,23,24)(H,26,32). The fraction of sp³-hybridized carbons (Fsp3) is 0.455. The summed E-state index contributed by atoms with van der Waals surface area (Å²) < 4.78 is 1.69. The van der Waals surface area contributed by atoms with E-state index in [0.29, 0.717) is 25.6 Å². The average Bonchev–Trinajstić information content (AvgIpc) is 3.47. The third kappa shape index (κ3) is 5.01. The number of hydrogen-bond donors (Lipinski definition) is 2. The van der Waals surface area contributed by atoms with Crippen molar-refractivity contribution in [3.8, 4) is 0 Å². The smallest absolute Gasteiger partial charge is 0.321 e. The lowest BCUT2D eigenvalue weighted by Crippen LogP contribution is -2.55. The molecule has 0 radical (unpaired) electrons. The molecule has 10 nitrogen and oxygen atoms in total. The molecule has 0 atom stereocenters. The van der Waals surface area contributed by atoms with E-state index < -0.39 is 0 Å². The Hall–Kier alpha value is -3.56. The van der Waals surface area contributed by atoms with E-state index >= 15 is 0 Å². The Morgan fingerprint density at radius 1 is 1.16 bits per heavy atom. The third-order valence-corrected chi connectivity index (χ3v) is 5.76. The minimum Gasteiger partial charge on any atom is -0.352 e. The zero-order chi connectivity index (χ0) is 22.5. The molecule has 4 rings (SSSR count). The zero-order valence-corrected chi connectivity index (χ0v) is 18.6. The van der Waals surface area contributed by atoms with Gasteiger partial charge in [-0.25, -0.2) is 4.79 Å². The molecular formula is C22H30N8O2. The van der Waals surface area contributed by atoms with Crippen molar-refractivity contribution in [2.24, 2.45) is 12.0 Å². The molecule has 2 fully saturated rings. The maximum absolute atomic E-state index is 12.7. The first-order chi connectivity index (χ1) is 15.5. The van der Waals surface area contributed by atoms with Crippen LogP contribution < -0.4 is 15.5 Å². The maximum atomic E-state index is 12.7. The summed E-state index contributed by atoms with van der Waals surface area (Å²) in [7, 11) is 3.55. The number of nitrogens with one attached hydrogen (secondary N) is 2. The summed E-state index contributed by atoms with van der Waals surface area (Å²) in [4.78, 5) is 34.9. The number of hydrogen-bond acceptors (Lipinski definition) is 4. The fourth-order valence-corrected chi connectivity index (χ4v) is 4.07. The second-order valence-electron chi connectivity index (χ2n) is 8.06. The van der Waals surface area contributed by atoms with E-state index in [1.165, 1.54) is 0 Å². The summed E-state index contributed by atoms with van der Waals surface area (Å²) in [5.41, 5.74) is 2.61. The first-order valence-electron chi connectivity index (χ1n) is 10.9. The normalized spacial score (nSPS) is 17.1. The number of anilines is 2. The van der Waals surface area contributed by atoms with Gasteiger partial charge in [-0.15, -0.1) is 0 Å². The van der Waals surface area contributed by atoms with Crippen molar-refractivity contribution in [1.82, 2.24) is 24.9 Å². The lowest BCUT2D eigenvalue weighted by molar-refractivity contribution is -0.120. The van der Waals surface area contributed by atoms with Crippen LogP contribution in [0.3, 0.4) is 0 Å². The number of guanidine groups is 1. The molecule has 2 saturated heterocycles.